The number of nitrogens with zero attached hydrogens (tertiary/aromatic N) is 5. The Balaban J connectivity index is 2.50. The molecule has 0 atom stereocenters. The summed E-state index contributed by atoms with van der Waals surface area (Å²) in [6, 6.07) is 8.12. The largest absolute Gasteiger partial charge is 0.368 e. The first-order valence-electron chi connectivity index (χ1n) is 6.79. The first kappa shape index (κ1) is 15.4. The molecule has 1 heterocycles. The van der Waals surface area contributed by atoms with Crippen LogP contribution in [0.4, 0.5) is 11.9 Å². The topological polar surface area (TPSA) is 91.7 Å². The van der Waals surface area contributed by atoms with Crippen molar-refractivity contribution < 1.29 is 0 Å². The number of hydrogen-bond acceptors (Lipinski definition) is 6. The van der Waals surface area contributed by atoms with Crippen LogP contribution < -0.4 is 10.6 Å². The second kappa shape index (κ2) is 6.22. The van der Waals surface area contributed by atoms with Crippen molar-refractivity contribution in [1.82, 2.24) is 15.0 Å². The van der Waals surface area contributed by atoms with Crippen molar-refractivity contribution >= 4 is 23.5 Å². The fourth-order valence-electron chi connectivity index (χ4n) is 1.87. The fourth-order valence-corrected chi connectivity index (χ4v) is 1.87. The molecule has 0 spiro atoms. The predicted molar refractivity (Wildman–Crippen MR) is 88.0 cm³/mol. The normalized spacial score (nSPS) is 11.1. The number of nitriles is 1. The number of hydrogen-bond donors (Lipinski definition) is 1. The molecule has 1 aromatic carbocycles. The Labute approximate surface area is 130 Å². The van der Waals surface area contributed by atoms with Gasteiger partial charge in [0.05, 0.1) is 5.57 Å². The Morgan fingerprint density at radius 3 is 2.50 bits per heavy atom. The number of anilines is 2. The number of allylic oxidation sites excluding steroid dienone is 1. The molecule has 0 aliphatic heterocycles. The van der Waals surface area contributed by atoms with Crippen LogP contribution in [-0.2, 0) is 0 Å². The molecule has 2 rings (SSSR count). The van der Waals surface area contributed by atoms with E-state index in [9.17, 15) is 5.26 Å². The molecule has 0 saturated carbocycles. The van der Waals surface area contributed by atoms with Crippen LogP contribution in [-0.4, -0.2) is 29.0 Å². The molecular formula is C16H18N6. The lowest BCUT2D eigenvalue weighted by Crippen LogP contribution is -2.15. The van der Waals surface area contributed by atoms with Crippen LogP contribution in [0, 0.1) is 25.2 Å². The lowest BCUT2D eigenvalue weighted by atomic mass is 10.0. The minimum absolute atomic E-state index is 0.0925. The highest BCUT2D eigenvalue weighted by Gasteiger charge is 2.10. The summed E-state index contributed by atoms with van der Waals surface area (Å²) in [5.41, 5.74) is 9.34. The molecule has 1 aromatic heterocycles. The molecule has 0 radical (unpaired) electrons. The summed E-state index contributed by atoms with van der Waals surface area (Å²) in [6.07, 6.45) is 1.75. The van der Waals surface area contributed by atoms with Crippen LogP contribution in [0.2, 0.25) is 0 Å². The third-order valence-corrected chi connectivity index (χ3v) is 3.24. The van der Waals surface area contributed by atoms with Crippen molar-refractivity contribution in [1.29, 1.82) is 5.26 Å². The van der Waals surface area contributed by atoms with Crippen LogP contribution in [0.5, 0.6) is 0 Å². The molecule has 0 fully saturated rings. The lowest BCUT2D eigenvalue weighted by Gasteiger charge is -2.11. The lowest BCUT2D eigenvalue weighted by molar-refractivity contribution is 0.952. The Hall–Kier alpha value is -2.94. The zero-order chi connectivity index (χ0) is 16.3. The number of aryl methyl sites for hydroxylation is 2. The monoisotopic (exact) mass is 294 g/mol. The van der Waals surface area contributed by atoms with Gasteiger partial charge in [0.1, 0.15) is 6.07 Å². The van der Waals surface area contributed by atoms with Gasteiger partial charge >= 0.3 is 0 Å². The standard InChI is InChI=1S/C16H18N6/c1-10-5-6-12(7-11(10)2)8-13(9-17)14-19-15(18)21-16(20-14)22(3)4/h5-8H,1-4H3,(H2,18,19,20,21). The molecule has 0 aliphatic rings. The van der Waals surface area contributed by atoms with Crippen LogP contribution in [0.1, 0.15) is 22.5 Å². The quantitative estimate of drug-likeness (QED) is 0.872. The molecule has 2 N–H and O–H groups in total. The van der Waals surface area contributed by atoms with Crippen molar-refractivity contribution in [3.8, 4) is 6.07 Å². The van der Waals surface area contributed by atoms with Gasteiger partial charge in [-0.1, -0.05) is 18.2 Å². The van der Waals surface area contributed by atoms with Crippen molar-refractivity contribution in [2.75, 3.05) is 24.7 Å². The van der Waals surface area contributed by atoms with E-state index in [0.29, 0.717) is 11.5 Å². The predicted octanol–water partition coefficient (Wildman–Crippen LogP) is 2.20. The molecule has 6 nitrogen and oxygen atoms in total. The van der Waals surface area contributed by atoms with Gasteiger partial charge in [-0.05, 0) is 36.6 Å². The highest BCUT2D eigenvalue weighted by molar-refractivity contribution is 5.87. The van der Waals surface area contributed by atoms with E-state index in [2.05, 4.69) is 21.0 Å². The maximum Gasteiger partial charge on any atom is 0.230 e. The Bertz CT molecular complexity index is 771. The third kappa shape index (κ3) is 3.38. The van der Waals surface area contributed by atoms with E-state index in [1.54, 1.807) is 25.1 Å². The van der Waals surface area contributed by atoms with E-state index in [-0.39, 0.29) is 11.8 Å². The minimum atomic E-state index is 0.0925. The smallest absolute Gasteiger partial charge is 0.230 e. The first-order chi connectivity index (χ1) is 10.4. The second-order valence-electron chi connectivity index (χ2n) is 5.23. The summed E-state index contributed by atoms with van der Waals surface area (Å²) < 4.78 is 0. The van der Waals surface area contributed by atoms with E-state index in [0.717, 1.165) is 11.1 Å². The van der Waals surface area contributed by atoms with E-state index in [1.807, 2.05) is 32.0 Å². The summed E-state index contributed by atoms with van der Waals surface area (Å²) >= 11 is 0. The maximum absolute atomic E-state index is 9.41. The molecule has 6 heteroatoms. The SMILES string of the molecule is Cc1ccc(C=C(C#N)c2nc(N)nc(N(C)C)n2)cc1C. The molecule has 112 valence electrons. The summed E-state index contributed by atoms with van der Waals surface area (Å²) in [4.78, 5) is 14.1. The molecular weight excluding hydrogens is 276 g/mol. The Kier molecular flexibility index (Phi) is 4.37. The highest BCUT2D eigenvalue weighted by Crippen LogP contribution is 2.18. The van der Waals surface area contributed by atoms with Crippen LogP contribution >= 0.6 is 0 Å². The highest BCUT2D eigenvalue weighted by atomic mass is 15.3. The van der Waals surface area contributed by atoms with Crippen molar-refractivity contribution in [3.63, 3.8) is 0 Å². The summed E-state index contributed by atoms with van der Waals surface area (Å²) in [7, 11) is 3.61. The van der Waals surface area contributed by atoms with Crippen LogP contribution in [0.15, 0.2) is 18.2 Å². The van der Waals surface area contributed by atoms with Crippen molar-refractivity contribution in [2.24, 2.45) is 0 Å². The van der Waals surface area contributed by atoms with Crippen molar-refractivity contribution in [3.05, 3.63) is 40.7 Å². The fraction of sp³-hybridized carbons (Fsp3) is 0.250. The number of nitrogens with two attached hydrogens (primary N) is 1. The van der Waals surface area contributed by atoms with E-state index in [4.69, 9.17) is 5.73 Å². The number of nitrogen functional groups attached to an aromatic ring is 1. The van der Waals surface area contributed by atoms with Gasteiger partial charge in [0.15, 0.2) is 5.82 Å². The second-order valence-corrected chi connectivity index (χ2v) is 5.23. The number of rotatable bonds is 3. The number of benzene rings is 1. The van der Waals surface area contributed by atoms with Crippen LogP contribution in [0.25, 0.3) is 11.6 Å². The van der Waals surface area contributed by atoms with E-state index in [1.165, 1.54) is 5.56 Å². The Morgan fingerprint density at radius 1 is 1.18 bits per heavy atom. The van der Waals surface area contributed by atoms with Gasteiger partial charge in [0.2, 0.25) is 11.9 Å². The Morgan fingerprint density at radius 2 is 1.91 bits per heavy atom. The van der Waals surface area contributed by atoms with Gasteiger partial charge in [-0.2, -0.15) is 20.2 Å². The average Bonchev–Trinajstić information content (AvgIpc) is 2.47. The molecule has 0 aliphatic carbocycles. The molecule has 0 amide bonds. The zero-order valence-electron chi connectivity index (χ0n) is 13.1. The van der Waals surface area contributed by atoms with Crippen LogP contribution in [0.3, 0.4) is 0 Å². The number of aromatic nitrogens is 3. The van der Waals surface area contributed by atoms with Gasteiger partial charge in [0, 0.05) is 14.1 Å². The summed E-state index contributed by atoms with van der Waals surface area (Å²) in [5, 5.41) is 9.41. The van der Waals surface area contributed by atoms with E-state index < -0.39 is 0 Å². The van der Waals surface area contributed by atoms with Gasteiger partial charge in [-0.3, -0.25) is 0 Å². The van der Waals surface area contributed by atoms with E-state index >= 15 is 0 Å². The maximum atomic E-state index is 9.41. The molecule has 0 unspecified atom stereocenters. The molecule has 0 saturated heterocycles. The average molecular weight is 294 g/mol. The zero-order valence-corrected chi connectivity index (χ0v) is 13.1. The summed E-state index contributed by atoms with van der Waals surface area (Å²) in [6.45, 7) is 4.08. The molecule has 2 aromatic rings. The van der Waals surface area contributed by atoms with Gasteiger partial charge in [-0.15, -0.1) is 0 Å². The molecule has 22 heavy (non-hydrogen) atoms. The van der Waals surface area contributed by atoms with Crippen molar-refractivity contribution in [2.45, 2.75) is 13.8 Å². The van der Waals surface area contributed by atoms with Gasteiger partial charge < -0.3 is 10.6 Å². The van der Waals surface area contributed by atoms with Gasteiger partial charge in [-0.25, -0.2) is 0 Å². The molecule has 0 bridgehead atoms. The van der Waals surface area contributed by atoms with Gasteiger partial charge in [0.25, 0.3) is 0 Å². The minimum Gasteiger partial charge on any atom is -0.368 e. The first-order valence-corrected chi connectivity index (χ1v) is 6.79. The third-order valence-electron chi connectivity index (χ3n) is 3.24. The summed E-state index contributed by atoms with van der Waals surface area (Å²) in [5.74, 6) is 0.788.